The normalized spacial score (nSPS) is 22.8. The van der Waals surface area contributed by atoms with E-state index in [0.29, 0.717) is 38.2 Å². The first kappa shape index (κ1) is 36.9. The number of aliphatic hydroxyl groups excluding tert-OH is 1. The molecule has 0 aliphatic carbocycles. The molecule has 1 aromatic heterocycles. The Morgan fingerprint density at radius 1 is 0.982 bits per heavy atom. The van der Waals surface area contributed by atoms with Crippen LogP contribution in [0.2, 0.25) is 18.6 Å². The molecule has 10 nitrogen and oxygen atoms in total. The van der Waals surface area contributed by atoms with E-state index in [-0.39, 0.29) is 41.9 Å². The molecule has 0 radical (unpaired) electrons. The molecule has 0 saturated carbocycles. The second kappa shape index (κ2) is 14.9. The van der Waals surface area contributed by atoms with Gasteiger partial charge in [-0.05, 0) is 59.8 Å². The Morgan fingerprint density at radius 2 is 1.75 bits per heavy atom. The lowest BCUT2D eigenvalue weighted by molar-refractivity contribution is -0.146. The highest BCUT2D eigenvalue weighted by Crippen LogP contribution is 2.60. The fraction of sp³-hybridized carbons (Fsp3) is 0.364. The summed E-state index contributed by atoms with van der Waals surface area (Å²) in [4.78, 5) is 31.6. The maximum absolute atomic E-state index is 15.2. The first-order chi connectivity index (χ1) is 26.6. The number of benzene rings is 4. The summed E-state index contributed by atoms with van der Waals surface area (Å²) >= 11 is 0. The maximum atomic E-state index is 15.2. The highest BCUT2D eigenvalue weighted by Gasteiger charge is 2.66. The van der Waals surface area contributed by atoms with Gasteiger partial charge in [0.2, 0.25) is 5.91 Å². The number of ether oxygens (including phenoxy) is 2. The Balaban J connectivity index is 1.13. The third-order valence-corrected chi connectivity index (χ3v) is 16.7. The lowest BCUT2D eigenvalue weighted by Crippen LogP contribution is -2.51. The SMILES string of the molecule is COc1ccc([Si](C)(C)[C@@H]2[C@@H](CCn3cc(C(CO)c4ccccc4)nn3)O[C@]3(C(=O)N(Cc4cccc(N5CCCC5=O)c4)c4ccccc43)[C@H]2C)cc1. The van der Waals surface area contributed by atoms with Crippen LogP contribution in [0.25, 0.3) is 0 Å². The fourth-order valence-corrected chi connectivity index (χ4v) is 13.6. The summed E-state index contributed by atoms with van der Waals surface area (Å²) in [6, 6.07) is 34.4. The van der Waals surface area contributed by atoms with Gasteiger partial charge in [0.1, 0.15) is 5.75 Å². The molecule has 2 saturated heterocycles. The summed E-state index contributed by atoms with van der Waals surface area (Å²) in [6.45, 7) is 8.53. The summed E-state index contributed by atoms with van der Waals surface area (Å²) in [6.07, 6.45) is 3.71. The number of fused-ring (bicyclic) bond motifs is 2. The number of amides is 2. The standard InChI is InChI=1S/C44H49N5O5Si/c1-30-42(55(3,4)35-21-19-34(53-2)20-22-35)40(23-25-47-28-38(45-46-47)36(29-50)32-13-6-5-7-14-32)54-44(30)37-16-8-9-17-39(37)49(43(44)52)27-31-12-10-15-33(26-31)48-24-11-18-41(48)51/h5-10,12-17,19-22,26,28,30,36,40,42,50H,11,18,23-25,27,29H2,1-4H3/t30-,36?,40+,42-,44+/m0/s1. The molecule has 3 aliphatic heterocycles. The van der Waals surface area contributed by atoms with Gasteiger partial charge in [-0.15, -0.1) is 5.10 Å². The summed E-state index contributed by atoms with van der Waals surface area (Å²) in [5.74, 6) is 0.485. The monoisotopic (exact) mass is 755 g/mol. The van der Waals surface area contributed by atoms with E-state index < -0.39 is 13.7 Å². The van der Waals surface area contributed by atoms with Crippen molar-refractivity contribution in [1.29, 1.82) is 0 Å². The third-order valence-electron chi connectivity index (χ3n) is 12.3. The number of aromatic nitrogens is 3. The number of carbonyl (C=O) groups is 2. The Hall–Kier alpha value is -5.10. The van der Waals surface area contributed by atoms with Gasteiger partial charge in [-0.25, -0.2) is 0 Å². The van der Waals surface area contributed by atoms with Gasteiger partial charge in [0.15, 0.2) is 5.60 Å². The van der Waals surface area contributed by atoms with Gasteiger partial charge < -0.3 is 24.4 Å². The van der Waals surface area contributed by atoms with Crippen molar-refractivity contribution in [2.45, 2.75) is 75.5 Å². The molecule has 11 heteroatoms. The van der Waals surface area contributed by atoms with E-state index >= 15 is 4.79 Å². The first-order valence-electron chi connectivity index (χ1n) is 19.3. The van der Waals surface area contributed by atoms with Crippen molar-refractivity contribution in [2.24, 2.45) is 5.92 Å². The molecule has 2 amide bonds. The molecule has 1 unspecified atom stereocenters. The number of para-hydroxylation sites is 1. The summed E-state index contributed by atoms with van der Waals surface area (Å²) in [5, 5.41) is 20.5. The molecule has 284 valence electrons. The maximum Gasteiger partial charge on any atom is 0.264 e. The van der Waals surface area contributed by atoms with Crippen molar-refractivity contribution in [3.05, 3.63) is 132 Å². The van der Waals surface area contributed by atoms with Gasteiger partial charge in [-0.1, -0.05) is 103 Å². The van der Waals surface area contributed by atoms with Gasteiger partial charge in [0.05, 0.1) is 51.7 Å². The van der Waals surface area contributed by atoms with E-state index in [0.717, 1.165) is 40.2 Å². The topological polar surface area (TPSA) is 110 Å². The van der Waals surface area contributed by atoms with E-state index in [1.54, 1.807) is 7.11 Å². The lowest BCUT2D eigenvalue weighted by Gasteiger charge is -2.37. The van der Waals surface area contributed by atoms with Crippen LogP contribution < -0.4 is 19.7 Å². The van der Waals surface area contributed by atoms with Crippen molar-refractivity contribution in [3.63, 3.8) is 0 Å². The quantitative estimate of drug-likeness (QED) is 0.147. The van der Waals surface area contributed by atoms with Crippen LogP contribution >= 0.6 is 0 Å². The fourth-order valence-electron chi connectivity index (χ4n) is 9.52. The van der Waals surface area contributed by atoms with Crippen LogP contribution in [0, 0.1) is 5.92 Å². The Bertz CT molecular complexity index is 2170. The molecule has 4 aromatic carbocycles. The van der Waals surface area contributed by atoms with Gasteiger partial charge in [0.25, 0.3) is 5.91 Å². The second-order valence-corrected chi connectivity index (χ2v) is 20.4. The number of methoxy groups -OCH3 is 1. The van der Waals surface area contributed by atoms with Crippen molar-refractivity contribution in [2.75, 3.05) is 30.1 Å². The molecule has 55 heavy (non-hydrogen) atoms. The highest BCUT2D eigenvalue weighted by molar-refractivity contribution is 6.91. The average molecular weight is 756 g/mol. The van der Waals surface area contributed by atoms with Crippen molar-refractivity contribution in [1.82, 2.24) is 15.0 Å². The number of carbonyl (C=O) groups excluding carboxylic acids is 2. The average Bonchev–Trinajstić information content (AvgIpc) is 3.98. The zero-order chi connectivity index (χ0) is 38.3. The molecule has 1 spiro atoms. The number of anilines is 2. The minimum absolute atomic E-state index is 0.0485. The van der Waals surface area contributed by atoms with Gasteiger partial charge in [-0.2, -0.15) is 0 Å². The van der Waals surface area contributed by atoms with Crippen LogP contribution in [-0.2, 0) is 33.0 Å². The van der Waals surface area contributed by atoms with E-state index in [1.165, 1.54) is 5.19 Å². The first-order valence-corrected chi connectivity index (χ1v) is 22.4. The third kappa shape index (κ3) is 6.47. The Morgan fingerprint density at radius 3 is 2.47 bits per heavy atom. The van der Waals surface area contributed by atoms with Crippen LogP contribution in [0.1, 0.15) is 54.5 Å². The Labute approximate surface area is 323 Å². The van der Waals surface area contributed by atoms with Crippen molar-refractivity contribution in [3.8, 4) is 5.75 Å². The molecule has 8 rings (SSSR count). The highest BCUT2D eigenvalue weighted by atomic mass is 28.3. The summed E-state index contributed by atoms with van der Waals surface area (Å²) in [5.41, 5.74) is 4.20. The van der Waals surface area contributed by atoms with Crippen molar-refractivity contribution < 1.29 is 24.2 Å². The molecule has 5 aromatic rings. The summed E-state index contributed by atoms with van der Waals surface area (Å²) in [7, 11) is -0.666. The predicted octanol–water partition coefficient (Wildman–Crippen LogP) is 6.39. The largest absolute Gasteiger partial charge is 0.497 e. The van der Waals surface area contributed by atoms with Crippen LogP contribution in [0.4, 0.5) is 11.4 Å². The molecule has 4 heterocycles. The number of aryl methyl sites for hydroxylation is 1. The molecule has 3 aliphatic rings. The van der Waals surface area contributed by atoms with E-state index in [4.69, 9.17) is 9.47 Å². The van der Waals surface area contributed by atoms with Crippen LogP contribution in [-0.4, -0.2) is 66.4 Å². The number of hydrogen-bond acceptors (Lipinski definition) is 7. The minimum atomic E-state index is -2.35. The molecular weight excluding hydrogens is 707 g/mol. The molecule has 2 fully saturated rings. The number of hydrogen-bond donors (Lipinski definition) is 1. The molecule has 1 N–H and O–H groups in total. The number of nitrogens with zero attached hydrogens (tertiary/aromatic N) is 5. The molecule has 5 atom stereocenters. The zero-order valence-corrected chi connectivity index (χ0v) is 33.0. The van der Waals surface area contributed by atoms with E-state index in [9.17, 15) is 9.90 Å². The van der Waals surface area contributed by atoms with Crippen molar-refractivity contribution >= 4 is 36.4 Å². The van der Waals surface area contributed by atoms with Gasteiger partial charge in [-0.3, -0.25) is 14.3 Å². The predicted molar refractivity (Wildman–Crippen MR) is 215 cm³/mol. The van der Waals surface area contributed by atoms with Gasteiger partial charge >= 0.3 is 0 Å². The van der Waals surface area contributed by atoms with Crippen LogP contribution in [0.3, 0.4) is 0 Å². The Kier molecular flexibility index (Phi) is 9.95. The second-order valence-electron chi connectivity index (χ2n) is 15.7. The van der Waals surface area contributed by atoms with Crippen LogP contribution in [0.15, 0.2) is 109 Å². The van der Waals surface area contributed by atoms with Crippen LogP contribution in [0.5, 0.6) is 5.75 Å². The summed E-state index contributed by atoms with van der Waals surface area (Å²) < 4.78 is 14.7. The number of rotatable bonds is 12. The lowest BCUT2D eigenvalue weighted by atomic mass is 9.82. The molecule has 0 bridgehead atoms. The molecular formula is C44H49N5O5Si. The smallest absolute Gasteiger partial charge is 0.264 e. The van der Waals surface area contributed by atoms with E-state index in [1.807, 2.05) is 106 Å². The van der Waals surface area contributed by atoms with Gasteiger partial charge in [0, 0.05) is 42.9 Å². The minimum Gasteiger partial charge on any atom is -0.497 e. The number of aliphatic hydroxyl groups is 1. The zero-order valence-electron chi connectivity index (χ0n) is 32.0. The van der Waals surface area contributed by atoms with E-state index in [2.05, 4.69) is 48.5 Å².